The van der Waals surface area contributed by atoms with Gasteiger partial charge in [-0.3, -0.25) is 9.69 Å². The van der Waals surface area contributed by atoms with E-state index < -0.39 is 0 Å². The lowest BCUT2D eigenvalue weighted by Crippen LogP contribution is -2.43. The molecule has 0 spiro atoms. The normalized spacial score (nSPS) is 16.3. The van der Waals surface area contributed by atoms with Crippen molar-refractivity contribution in [3.63, 3.8) is 0 Å². The van der Waals surface area contributed by atoms with Crippen LogP contribution in [0.5, 0.6) is 5.75 Å². The average Bonchev–Trinajstić information content (AvgIpc) is 3.22. The second kappa shape index (κ2) is 9.88. The van der Waals surface area contributed by atoms with Crippen LogP contribution >= 0.6 is 11.3 Å². The highest BCUT2D eigenvalue weighted by atomic mass is 32.1. The van der Waals surface area contributed by atoms with Gasteiger partial charge in [-0.1, -0.05) is 19.9 Å². The van der Waals surface area contributed by atoms with E-state index in [-0.39, 0.29) is 11.9 Å². The molecule has 1 aromatic carbocycles. The second-order valence-electron chi connectivity index (χ2n) is 7.12. The molecule has 1 saturated heterocycles. The minimum atomic E-state index is -0.0553. The summed E-state index contributed by atoms with van der Waals surface area (Å²) in [4.78, 5) is 16.2. The largest absolute Gasteiger partial charge is 0.493 e. The molecule has 1 aromatic heterocycles. The van der Waals surface area contributed by atoms with Crippen LogP contribution in [-0.4, -0.2) is 50.3 Å². The van der Waals surface area contributed by atoms with E-state index in [0.29, 0.717) is 24.6 Å². The highest BCUT2D eigenvalue weighted by Crippen LogP contribution is 2.25. The minimum absolute atomic E-state index is 0.0553. The monoisotopic (exact) mass is 388 g/mol. The fourth-order valence-electron chi connectivity index (χ4n) is 3.04. The maximum atomic E-state index is 12.6. The zero-order chi connectivity index (χ0) is 19.1. The van der Waals surface area contributed by atoms with Crippen LogP contribution in [0, 0.1) is 5.92 Å². The molecule has 1 amide bonds. The molecule has 2 aromatic rings. The number of nitrogens with zero attached hydrogens (tertiary/aromatic N) is 1. The number of thiophene rings is 1. The van der Waals surface area contributed by atoms with Crippen LogP contribution in [0.3, 0.4) is 0 Å². The molecule has 1 aliphatic rings. The van der Waals surface area contributed by atoms with Crippen molar-refractivity contribution in [1.82, 2.24) is 10.2 Å². The van der Waals surface area contributed by atoms with E-state index >= 15 is 0 Å². The van der Waals surface area contributed by atoms with Gasteiger partial charge < -0.3 is 14.8 Å². The number of nitrogens with one attached hydrogen (secondary N) is 1. The van der Waals surface area contributed by atoms with Gasteiger partial charge in [0.25, 0.3) is 5.91 Å². The zero-order valence-electron chi connectivity index (χ0n) is 16.0. The third-order valence-corrected chi connectivity index (χ3v) is 5.49. The lowest BCUT2D eigenvalue weighted by molar-refractivity contribution is 0.0169. The van der Waals surface area contributed by atoms with Crippen molar-refractivity contribution in [2.24, 2.45) is 5.92 Å². The van der Waals surface area contributed by atoms with Crippen molar-refractivity contribution in [2.75, 3.05) is 39.5 Å². The number of carbonyl (C=O) groups is 1. The van der Waals surface area contributed by atoms with Crippen molar-refractivity contribution >= 4 is 17.2 Å². The van der Waals surface area contributed by atoms with Gasteiger partial charge in [0, 0.05) is 30.1 Å². The predicted molar refractivity (Wildman–Crippen MR) is 109 cm³/mol. The molecule has 0 saturated carbocycles. The molecule has 1 aliphatic heterocycles. The quantitative estimate of drug-likeness (QED) is 0.751. The van der Waals surface area contributed by atoms with Crippen molar-refractivity contribution < 1.29 is 14.3 Å². The molecule has 146 valence electrons. The van der Waals surface area contributed by atoms with Crippen LogP contribution in [0.25, 0.3) is 0 Å². The Morgan fingerprint density at radius 3 is 2.59 bits per heavy atom. The Morgan fingerprint density at radius 1 is 1.22 bits per heavy atom. The van der Waals surface area contributed by atoms with E-state index in [1.807, 2.05) is 24.3 Å². The molecule has 2 heterocycles. The van der Waals surface area contributed by atoms with E-state index in [9.17, 15) is 4.79 Å². The Labute approximate surface area is 165 Å². The van der Waals surface area contributed by atoms with Crippen LogP contribution < -0.4 is 10.1 Å². The summed E-state index contributed by atoms with van der Waals surface area (Å²) in [5.41, 5.74) is 0.652. The zero-order valence-corrected chi connectivity index (χ0v) is 16.8. The summed E-state index contributed by atoms with van der Waals surface area (Å²) < 4.78 is 11.2. The van der Waals surface area contributed by atoms with Crippen molar-refractivity contribution in [3.8, 4) is 5.75 Å². The second-order valence-corrected chi connectivity index (χ2v) is 8.10. The molecular formula is C21H28N2O3S. The molecule has 0 unspecified atom stereocenters. The summed E-state index contributed by atoms with van der Waals surface area (Å²) in [6.07, 6.45) is 0. The smallest absolute Gasteiger partial charge is 0.251 e. The summed E-state index contributed by atoms with van der Waals surface area (Å²) in [6, 6.07) is 11.7. The first-order valence-corrected chi connectivity index (χ1v) is 10.4. The molecule has 3 rings (SSSR count). The Balaban J connectivity index is 1.58. The van der Waals surface area contributed by atoms with E-state index in [1.165, 1.54) is 4.88 Å². The first kappa shape index (κ1) is 19.9. The molecule has 6 heteroatoms. The summed E-state index contributed by atoms with van der Waals surface area (Å²) in [7, 11) is 0. The van der Waals surface area contributed by atoms with Gasteiger partial charge in [-0.2, -0.15) is 0 Å². The van der Waals surface area contributed by atoms with Crippen LogP contribution in [-0.2, 0) is 4.74 Å². The highest BCUT2D eigenvalue weighted by molar-refractivity contribution is 7.10. The van der Waals surface area contributed by atoms with Gasteiger partial charge >= 0.3 is 0 Å². The first-order chi connectivity index (χ1) is 13.1. The summed E-state index contributed by atoms with van der Waals surface area (Å²) >= 11 is 1.73. The number of carbonyl (C=O) groups excluding carboxylic acids is 1. The maximum absolute atomic E-state index is 12.6. The SMILES string of the molecule is CC(C)COc1ccc(C(=O)NC[C@@H](c2cccs2)N2CCOCC2)cc1. The topological polar surface area (TPSA) is 50.8 Å². The van der Waals surface area contributed by atoms with Crippen molar-refractivity contribution in [1.29, 1.82) is 0 Å². The molecule has 1 fully saturated rings. The van der Waals surface area contributed by atoms with Gasteiger partial charge in [0.15, 0.2) is 0 Å². The number of rotatable bonds is 8. The van der Waals surface area contributed by atoms with E-state index in [1.54, 1.807) is 11.3 Å². The number of hydrogen-bond donors (Lipinski definition) is 1. The van der Waals surface area contributed by atoms with Crippen LogP contribution in [0.2, 0.25) is 0 Å². The first-order valence-electron chi connectivity index (χ1n) is 9.49. The van der Waals surface area contributed by atoms with E-state index in [2.05, 4.69) is 41.6 Å². The van der Waals surface area contributed by atoms with Crippen molar-refractivity contribution in [2.45, 2.75) is 19.9 Å². The lowest BCUT2D eigenvalue weighted by Gasteiger charge is -2.34. The molecule has 1 atom stereocenters. The Kier molecular flexibility index (Phi) is 7.26. The van der Waals surface area contributed by atoms with Gasteiger partial charge in [0.1, 0.15) is 5.75 Å². The number of ether oxygens (including phenoxy) is 2. The molecular weight excluding hydrogens is 360 g/mol. The van der Waals surface area contributed by atoms with E-state index in [4.69, 9.17) is 9.47 Å². The van der Waals surface area contributed by atoms with Gasteiger partial charge in [-0.25, -0.2) is 0 Å². The van der Waals surface area contributed by atoms with Gasteiger partial charge in [0.05, 0.1) is 25.9 Å². The standard InChI is InChI=1S/C21H28N2O3S/c1-16(2)15-26-18-7-5-17(6-8-18)21(24)22-14-19(20-4-3-13-27-20)23-9-11-25-12-10-23/h3-8,13,16,19H,9-12,14-15H2,1-2H3,(H,22,24)/t19-/m0/s1. The fraction of sp³-hybridized carbons (Fsp3) is 0.476. The third-order valence-electron chi connectivity index (χ3n) is 4.51. The average molecular weight is 389 g/mol. The maximum Gasteiger partial charge on any atom is 0.251 e. The Hall–Kier alpha value is -1.89. The van der Waals surface area contributed by atoms with Gasteiger partial charge in [0.2, 0.25) is 0 Å². The van der Waals surface area contributed by atoms with Crippen molar-refractivity contribution in [3.05, 3.63) is 52.2 Å². The fourth-order valence-corrected chi connectivity index (χ4v) is 3.90. The van der Waals surface area contributed by atoms with Gasteiger partial charge in [-0.05, 0) is 41.6 Å². The number of benzene rings is 1. The van der Waals surface area contributed by atoms with Crippen LogP contribution in [0.1, 0.15) is 35.1 Å². The van der Waals surface area contributed by atoms with E-state index in [0.717, 1.165) is 32.1 Å². The predicted octanol–water partition coefficient (Wildman–Crippen LogP) is 3.59. The van der Waals surface area contributed by atoms with Crippen LogP contribution in [0.4, 0.5) is 0 Å². The lowest BCUT2D eigenvalue weighted by atomic mass is 10.1. The van der Waals surface area contributed by atoms with Gasteiger partial charge in [-0.15, -0.1) is 11.3 Å². The van der Waals surface area contributed by atoms with Crippen LogP contribution in [0.15, 0.2) is 41.8 Å². The Morgan fingerprint density at radius 2 is 1.96 bits per heavy atom. The molecule has 5 nitrogen and oxygen atoms in total. The minimum Gasteiger partial charge on any atom is -0.493 e. The Bertz CT molecular complexity index is 695. The number of morpholine rings is 1. The highest BCUT2D eigenvalue weighted by Gasteiger charge is 2.24. The summed E-state index contributed by atoms with van der Waals surface area (Å²) in [5.74, 6) is 1.22. The summed E-state index contributed by atoms with van der Waals surface area (Å²) in [5, 5.41) is 5.18. The number of amides is 1. The molecule has 27 heavy (non-hydrogen) atoms. The molecule has 0 aliphatic carbocycles. The molecule has 1 N–H and O–H groups in total. The molecule has 0 radical (unpaired) electrons. The molecule has 0 bridgehead atoms. The number of hydrogen-bond acceptors (Lipinski definition) is 5. The summed E-state index contributed by atoms with van der Waals surface area (Å²) in [6.45, 7) is 8.75. The third kappa shape index (κ3) is 5.79.